The highest BCUT2D eigenvalue weighted by Crippen LogP contribution is 2.10. The first kappa shape index (κ1) is 16.1. The van der Waals surface area contributed by atoms with Crippen LogP contribution in [0.15, 0.2) is 29.2 Å². The van der Waals surface area contributed by atoms with Crippen LogP contribution in [-0.4, -0.2) is 32.7 Å². The van der Waals surface area contributed by atoms with E-state index in [0.717, 1.165) is 11.8 Å². The van der Waals surface area contributed by atoms with Gasteiger partial charge in [-0.05, 0) is 24.6 Å². The molecular formula is C12H17N3O4S. The first-order valence-corrected chi connectivity index (χ1v) is 7.72. The van der Waals surface area contributed by atoms with Crippen molar-refractivity contribution in [3.63, 3.8) is 0 Å². The van der Waals surface area contributed by atoms with Crippen LogP contribution in [0, 0.1) is 0 Å². The van der Waals surface area contributed by atoms with Gasteiger partial charge in [0.15, 0.2) is 9.84 Å². The fraction of sp³-hybridized carbons (Fsp3) is 0.333. The van der Waals surface area contributed by atoms with E-state index in [0.29, 0.717) is 6.54 Å². The molecule has 0 aliphatic carbocycles. The second-order valence-corrected chi connectivity index (χ2v) is 6.39. The van der Waals surface area contributed by atoms with E-state index in [9.17, 15) is 18.0 Å². The summed E-state index contributed by atoms with van der Waals surface area (Å²) in [6.07, 6.45) is 1.14. The predicted molar refractivity (Wildman–Crippen MR) is 73.6 cm³/mol. The fourth-order valence-corrected chi connectivity index (χ4v) is 2.08. The second kappa shape index (κ2) is 6.49. The van der Waals surface area contributed by atoms with E-state index in [1.165, 1.54) is 12.1 Å². The summed E-state index contributed by atoms with van der Waals surface area (Å²) < 4.78 is 22.6. The maximum absolute atomic E-state index is 11.4. The zero-order chi connectivity index (χ0) is 15.3. The number of primary amides is 1. The largest absolute Gasteiger partial charge is 0.351 e. The van der Waals surface area contributed by atoms with Crippen molar-refractivity contribution in [1.82, 2.24) is 10.6 Å². The molecule has 20 heavy (non-hydrogen) atoms. The number of rotatable bonds is 5. The lowest BCUT2D eigenvalue weighted by molar-refractivity contribution is -0.121. The number of carbonyl (C=O) groups is 2. The zero-order valence-electron chi connectivity index (χ0n) is 11.2. The summed E-state index contributed by atoms with van der Waals surface area (Å²) in [7, 11) is -3.21. The lowest BCUT2D eigenvalue weighted by Crippen LogP contribution is -2.46. The minimum atomic E-state index is -3.21. The number of sulfone groups is 1. The molecule has 0 saturated carbocycles. The zero-order valence-corrected chi connectivity index (χ0v) is 12.0. The summed E-state index contributed by atoms with van der Waals surface area (Å²) in [5.41, 5.74) is 5.66. The molecule has 1 aromatic rings. The Balaban J connectivity index is 2.58. The number of imide groups is 1. The van der Waals surface area contributed by atoms with E-state index in [1.54, 1.807) is 19.1 Å². The maximum atomic E-state index is 11.4. The number of carbonyl (C=O) groups excluding carboxylic acids is 2. The molecule has 8 heteroatoms. The first-order chi connectivity index (χ1) is 9.20. The van der Waals surface area contributed by atoms with Gasteiger partial charge in [-0.3, -0.25) is 10.1 Å². The minimum Gasteiger partial charge on any atom is -0.351 e. The molecule has 7 nitrogen and oxygen atoms in total. The van der Waals surface area contributed by atoms with Crippen molar-refractivity contribution in [2.24, 2.45) is 5.73 Å². The van der Waals surface area contributed by atoms with Crippen LogP contribution in [0.2, 0.25) is 0 Å². The molecule has 1 unspecified atom stereocenters. The Morgan fingerprint density at radius 2 is 1.80 bits per heavy atom. The summed E-state index contributed by atoms with van der Waals surface area (Å²) in [6, 6.07) is 4.81. The van der Waals surface area contributed by atoms with E-state index in [1.807, 2.05) is 5.32 Å². The topological polar surface area (TPSA) is 118 Å². The Hall–Kier alpha value is -1.93. The molecule has 4 N–H and O–H groups in total. The third kappa shape index (κ3) is 4.98. The summed E-state index contributed by atoms with van der Waals surface area (Å²) in [5.74, 6) is -0.523. The van der Waals surface area contributed by atoms with Crippen LogP contribution in [-0.2, 0) is 21.2 Å². The summed E-state index contributed by atoms with van der Waals surface area (Å²) >= 11 is 0. The third-order valence-electron chi connectivity index (χ3n) is 2.60. The van der Waals surface area contributed by atoms with Gasteiger partial charge in [-0.25, -0.2) is 13.2 Å². The van der Waals surface area contributed by atoms with Crippen molar-refractivity contribution < 1.29 is 18.0 Å². The Morgan fingerprint density at radius 3 is 2.25 bits per heavy atom. The monoisotopic (exact) mass is 299 g/mol. The van der Waals surface area contributed by atoms with E-state index >= 15 is 0 Å². The number of nitrogens with one attached hydrogen (secondary N) is 2. The molecule has 3 amide bonds. The van der Waals surface area contributed by atoms with Gasteiger partial charge in [0.25, 0.3) is 0 Å². The normalized spacial score (nSPS) is 12.7. The molecule has 0 aromatic heterocycles. The predicted octanol–water partition coefficient (Wildman–Crippen LogP) is -0.237. The summed E-state index contributed by atoms with van der Waals surface area (Å²) in [4.78, 5) is 22.2. The second-order valence-electron chi connectivity index (χ2n) is 4.37. The van der Waals surface area contributed by atoms with Crippen molar-refractivity contribution in [1.29, 1.82) is 0 Å². The van der Waals surface area contributed by atoms with Gasteiger partial charge in [0.1, 0.15) is 0 Å². The molecule has 0 spiro atoms. The lowest BCUT2D eigenvalue weighted by Gasteiger charge is -2.12. The van der Waals surface area contributed by atoms with Gasteiger partial charge in [0.2, 0.25) is 5.91 Å². The van der Waals surface area contributed by atoms with Gasteiger partial charge >= 0.3 is 6.03 Å². The Kier molecular flexibility index (Phi) is 5.23. The fourth-order valence-electron chi connectivity index (χ4n) is 1.45. The highest BCUT2D eigenvalue weighted by atomic mass is 32.2. The maximum Gasteiger partial charge on any atom is 0.318 e. The van der Waals surface area contributed by atoms with Crippen molar-refractivity contribution in [2.75, 3.05) is 6.26 Å². The molecule has 0 aliphatic rings. The Bertz CT molecular complexity index is 596. The van der Waals surface area contributed by atoms with Crippen LogP contribution in [0.5, 0.6) is 0 Å². The number of benzene rings is 1. The Morgan fingerprint density at radius 1 is 1.25 bits per heavy atom. The van der Waals surface area contributed by atoms with Crippen molar-refractivity contribution >= 4 is 21.8 Å². The number of urea groups is 1. The third-order valence-corrected chi connectivity index (χ3v) is 3.73. The Labute approximate surface area is 117 Å². The van der Waals surface area contributed by atoms with Crippen LogP contribution >= 0.6 is 0 Å². The van der Waals surface area contributed by atoms with Crippen LogP contribution in [0.1, 0.15) is 12.5 Å². The van der Waals surface area contributed by atoms with Crippen molar-refractivity contribution in [3.05, 3.63) is 29.8 Å². The quantitative estimate of drug-likeness (QED) is 0.693. The molecule has 0 bridgehead atoms. The van der Waals surface area contributed by atoms with Crippen molar-refractivity contribution in [2.45, 2.75) is 24.4 Å². The van der Waals surface area contributed by atoms with Crippen LogP contribution < -0.4 is 16.4 Å². The average Bonchev–Trinajstić information content (AvgIpc) is 2.34. The summed E-state index contributed by atoms with van der Waals surface area (Å²) in [5, 5.41) is 4.86. The van der Waals surface area contributed by atoms with Gasteiger partial charge < -0.3 is 11.1 Å². The number of hydrogen-bond donors (Lipinski definition) is 3. The van der Waals surface area contributed by atoms with E-state index in [4.69, 9.17) is 5.73 Å². The van der Waals surface area contributed by atoms with Crippen molar-refractivity contribution in [3.8, 4) is 0 Å². The molecule has 0 aliphatic heterocycles. The van der Waals surface area contributed by atoms with Crippen LogP contribution in [0.3, 0.4) is 0 Å². The van der Waals surface area contributed by atoms with Crippen LogP contribution in [0.25, 0.3) is 0 Å². The molecule has 0 heterocycles. The van der Waals surface area contributed by atoms with Gasteiger partial charge in [-0.15, -0.1) is 0 Å². The molecular weight excluding hydrogens is 282 g/mol. The van der Waals surface area contributed by atoms with Gasteiger partial charge in [0.05, 0.1) is 10.9 Å². The number of amides is 3. The highest BCUT2D eigenvalue weighted by Gasteiger charge is 2.13. The molecule has 0 saturated heterocycles. The van der Waals surface area contributed by atoms with Gasteiger partial charge in [-0.2, -0.15) is 0 Å². The molecule has 1 rings (SSSR count). The number of nitrogens with two attached hydrogens (primary N) is 1. The lowest BCUT2D eigenvalue weighted by atomic mass is 10.2. The summed E-state index contributed by atoms with van der Waals surface area (Å²) in [6.45, 7) is 1.94. The number of hydrogen-bond acceptors (Lipinski definition) is 5. The molecule has 0 radical (unpaired) electrons. The molecule has 110 valence electrons. The molecule has 1 aromatic carbocycles. The van der Waals surface area contributed by atoms with E-state index in [-0.39, 0.29) is 4.90 Å². The van der Waals surface area contributed by atoms with E-state index in [2.05, 4.69) is 5.32 Å². The molecule has 1 atom stereocenters. The first-order valence-electron chi connectivity index (χ1n) is 5.83. The van der Waals surface area contributed by atoms with Gasteiger partial charge in [-0.1, -0.05) is 12.1 Å². The smallest absolute Gasteiger partial charge is 0.318 e. The van der Waals surface area contributed by atoms with E-state index < -0.39 is 27.8 Å². The molecule has 0 fully saturated rings. The van der Waals surface area contributed by atoms with Crippen LogP contribution in [0.4, 0.5) is 4.79 Å². The standard InChI is InChI=1S/C12H17N3O4S/c1-8(11(16)15-12(13)17)14-7-9-3-5-10(6-4-9)20(2,18)19/h3-6,8,14H,7H2,1-2H3,(H3,13,15,16,17). The SMILES string of the molecule is CC(NCc1ccc(S(C)(=O)=O)cc1)C(=O)NC(N)=O. The minimum absolute atomic E-state index is 0.237. The van der Waals surface area contributed by atoms with Gasteiger partial charge in [0, 0.05) is 12.8 Å². The highest BCUT2D eigenvalue weighted by molar-refractivity contribution is 7.90. The average molecular weight is 299 g/mol.